The number of morpholine rings is 1. The lowest BCUT2D eigenvalue weighted by Crippen LogP contribution is -2.65. The lowest BCUT2D eigenvalue weighted by Gasteiger charge is -2.52. The Kier molecular flexibility index (Phi) is 8.53. The number of rotatable bonds is 10. The number of para-hydroxylation sites is 1. The molecule has 2 aliphatic rings. The number of nitrogens with one attached hydrogen (secondary N) is 1. The van der Waals surface area contributed by atoms with E-state index in [0.717, 1.165) is 64.2 Å². The van der Waals surface area contributed by atoms with Crippen molar-refractivity contribution in [2.45, 2.75) is 63.8 Å². The van der Waals surface area contributed by atoms with Gasteiger partial charge in [0.05, 0.1) is 5.60 Å². The highest BCUT2D eigenvalue weighted by molar-refractivity contribution is 7.10. The highest BCUT2D eigenvalue weighted by atomic mass is 32.1. The van der Waals surface area contributed by atoms with Crippen molar-refractivity contribution in [1.29, 1.82) is 0 Å². The normalized spacial score (nSPS) is 20.8. The van der Waals surface area contributed by atoms with E-state index in [1.807, 2.05) is 25.8 Å². The van der Waals surface area contributed by atoms with Gasteiger partial charge < -0.3 is 24.6 Å². The molecule has 2 fully saturated rings. The molecule has 1 aromatic heterocycles. The number of piperidine rings is 1. The van der Waals surface area contributed by atoms with Crippen molar-refractivity contribution >= 4 is 17.2 Å². The van der Waals surface area contributed by atoms with Gasteiger partial charge in [-0.05, 0) is 76.7 Å². The number of hydrogen-bond acceptors (Lipinski definition) is 6. The van der Waals surface area contributed by atoms with Crippen molar-refractivity contribution < 1.29 is 14.3 Å². The van der Waals surface area contributed by atoms with Gasteiger partial charge in [0.15, 0.2) is 0 Å². The first-order chi connectivity index (χ1) is 16.9. The van der Waals surface area contributed by atoms with E-state index in [1.165, 1.54) is 10.4 Å². The van der Waals surface area contributed by atoms with Crippen molar-refractivity contribution in [3.63, 3.8) is 0 Å². The van der Waals surface area contributed by atoms with E-state index in [1.54, 1.807) is 11.3 Å². The number of amides is 1. The highest BCUT2D eigenvalue weighted by Gasteiger charge is 2.50. The Bertz CT molecular complexity index is 954. The number of thiophene rings is 1. The SMILES string of the molecule is CCN1CC2(CCN(CCc3ccccc3O[C@H](CCNC)c3cccs3)CC2)OC(C)(C)C1=O. The molecule has 7 heteroatoms. The maximum absolute atomic E-state index is 12.6. The standard InChI is InChI=1S/C28H41N3O3S/c1-5-31-21-28(34-27(2,3)26(31)32)14-18-30(19-15-28)17-13-22-9-6-7-10-23(22)33-24(12-16-29-4)25-11-8-20-35-25/h6-11,20,24,29H,5,12-19,21H2,1-4H3/t24-/m1/s1. The quantitative estimate of drug-likeness (QED) is 0.521. The number of hydrogen-bond donors (Lipinski definition) is 1. The number of likely N-dealkylation sites (N-methyl/N-ethyl adjacent to an activating group) is 1. The first-order valence-electron chi connectivity index (χ1n) is 13.0. The fourth-order valence-corrected chi connectivity index (χ4v) is 6.17. The molecule has 0 bridgehead atoms. The van der Waals surface area contributed by atoms with Crippen LogP contribution in [0.25, 0.3) is 0 Å². The Morgan fingerprint density at radius 2 is 1.94 bits per heavy atom. The zero-order valence-corrected chi connectivity index (χ0v) is 22.5. The summed E-state index contributed by atoms with van der Waals surface area (Å²) >= 11 is 1.76. The second kappa shape index (κ2) is 11.4. The van der Waals surface area contributed by atoms with Crippen molar-refractivity contribution in [3.05, 3.63) is 52.2 Å². The van der Waals surface area contributed by atoms with Gasteiger partial charge in [0.1, 0.15) is 17.5 Å². The Balaban J connectivity index is 1.35. The third-order valence-corrected chi connectivity index (χ3v) is 8.32. The topological polar surface area (TPSA) is 54.0 Å². The molecule has 1 atom stereocenters. The van der Waals surface area contributed by atoms with Gasteiger partial charge in [-0.3, -0.25) is 4.79 Å². The predicted octanol–water partition coefficient (Wildman–Crippen LogP) is 4.51. The molecule has 3 heterocycles. The van der Waals surface area contributed by atoms with Gasteiger partial charge in [0.25, 0.3) is 5.91 Å². The third kappa shape index (κ3) is 6.26. The van der Waals surface area contributed by atoms with Crippen LogP contribution in [0.3, 0.4) is 0 Å². The van der Waals surface area contributed by atoms with Crippen LogP contribution in [0.1, 0.15) is 56.6 Å². The van der Waals surface area contributed by atoms with Gasteiger partial charge >= 0.3 is 0 Å². The largest absolute Gasteiger partial charge is 0.485 e. The van der Waals surface area contributed by atoms with Crippen molar-refractivity contribution in [2.24, 2.45) is 0 Å². The molecule has 1 spiro atoms. The van der Waals surface area contributed by atoms with Crippen LogP contribution < -0.4 is 10.1 Å². The van der Waals surface area contributed by atoms with Crippen molar-refractivity contribution in [2.75, 3.05) is 46.3 Å². The van der Waals surface area contributed by atoms with Crippen LogP contribution in [0.15, 0.2) is 41.8 Å². The van der Waals surface area contributed by atoms with Gasteiger partial charge in [-0.15, -0.1) is 11.3 Å². The van der Waals surface area contributed by atoms with Gasteiger partial charge in [-0.2, -0.15) is 0 Å². The number of carbonyl (C=O) groups is 1. The predicted molar refractivity (Wildman–Crippen MR) is 142 cm³/mol. The molecule has 2 aromatic rings. The highest BCUT2D eigenvalue weighted by Crippen LogP contribution is 2.37. The van der Waals surface area contributed by atoms with E-state index < -0.39 is 5.60 Å². The molecule has 4 rings (SSSR count). The van der Waals surface area contributed by atoms with Crippen LogP contribution in [0.4, 0.5) is 0 Å². The summed E-state index contributed by atoms with van der Waals surface area (Å²) in [7, 11) is 1.99. The number of carbonyl (C=O) groups excluding carboxylic acids is 1. The lowest BCUT2D eigenvalue weighted by molar-refractivity contribution is -0.216. The zero-order chi connectivity index (χ0) is 24.9. The maximum Gasteiger partial charge on any atom is 0.254 e. The molecule has 0 saturated carbocycles. The molecule has 1 amide bonds. The smallest absolute Gasteiger partial charge is 0.254 e. The molecule has 6 nitrogen and oxygen atoms in total. The van der Waals surface area contributed by atoms with Crippen molar-refractivity contribution in [1.82, 2.24) is 15.1 Å². The minimum absolute atomic E-state index is 0.0643. The molecule has 1 N–H and O–H groups in total. The molecule has 192 valence electrons. The molecule has 1 aromatic carbocycles. The molecule has 35 heavy (non-hydrogen) atoms. The third-order valence-electron chi connectivity index (χ3n) is 7.36. The van der Waals surface area contributed by atoms with Crippen LogP contribution in [0.2, 0.25) is 0 Å². The zero-order valence-electron chi connectivity index (χ0n) is 21.7. The number of nitrogens with zero attached hydrogens (tertiary/aromatic N) is 2. The second-order valence-corrected chi connectivity index (χ2v) is 11.3. The molecule has 0 radical (unpaired) electrons. The number of benzene rings is 1. The Morgan fingerprint density at radius 1 is 1.17 bits per heavy atom. The summed E-state index contributed by atoms with van der Waals surface area (Å²) < 4.78 is 13.0. The number of likely N-dealkylation sites (tertiary alicyclic amines) is 1. The first-order valence-corrected chi connectivity index (χ1v) is 13.9. The molecule has 2 saturated heterocycles. The fourth-order valence-electron chi connectivity index (χ4n) is 5.38. The van der Waals surface area contributed by atoms with Crippen LogP contribution >= 0.6 is 11.3 Å². The molecule has 2 aliphatic heterocycles. The monoisotopic (exact) mass is 499 g/mol. The van der Waals surface area contributed by atoms with E-state index in [9.17, 15) is 4.79 Å². The summed E-state index contributed by atoms with van der Waals surface area (Å²) in [6, 6.07) is 12.7. The van der Waals surface area contributed by atoms with Gasteiger partial charge in [-0.1, -0.05) is 24.3 Å². The molecular formula is C28H41N3O3S. The van der Waals surface area contributed by atoms with E-state index in [0.29, 0.717) is 6.54 Å². The molecule has 0 aliphatic carbocycles. The number of ether oxygens (including phenoxy) is 2. The van der Waals surface area contributed by atoms with E-state index in [-0.39, 0.29) is 17.6 Å². The first kappa shape index (κ1) is 26.1. The molecular weight excluding hydrogens is 458 g/mol. The summed E-state index contributed by atoms with van der Waals surface area (Å²) in [4.78, 5) is 18.4. The lowest BCUT2D eigenvalue weighted by atomic mass is 9.86. The fraction of sp³-hybridized carbons (Fsp3) is 0.607. The van der Waals surface area contributed by atoms with Crippen LogP contribution in [-0.4, -0.2) is 73.2 Å². The van der Waals surface area contributed by atoms with Gasteiger partial charge in [-0.25, -0.2) is 0 Å². The Morgan fingerprint density at radius 3 is 2.63 bits per heavy atom. The average Bonchev–Trinajstić information content (AvgIpc) is 3.39. The Hall–Kier alpha value is -1.93. The summed E-state index contributed by atoms with van der Waals surface area (Å²) in [5.41, 5.74) is 0.308. The minimum atomic E-state index is -0.737. The van der Waals surface area contributed by atoms with Crippen LogP contribution in [0, 0.1) is 0 Å². The van der Waals surface area contributed by atoms with E-state index in [4.69, 9.17) is 9.47 Å². The summed E-state index contributed by atoms with van der Waals surface area (Å²) in [6.07, 6.45) is 3.88. The van der Waals surface area contributed by atoms with E-state index in [2.05, 4.69) is 58.9 Å². The molecule has 0 unspecified atom stereocenters. The van der Waals surface area contributed by atoms with Gasteiger partial charge in [0, 0.05) is 44.0 Å². The van der Waals surface area contributed by atoms with E-state index >= 15 is 0 Å². The Labute approximate surface area is 214 Å². The maximum atomic E-state index is 12.6. The van der Waals surface area contributed by atoms with Crippen LogP contribution in [0.5, 0.6) is 5.75 Å². The average molecular weight is 500 g/mol. The minimum Gasteiger partial charge on any atom is -0.485 e. The van der Waals surface area contributed by atoms with Crippen molar-refractivity contribution in [3.8, 4) is 5.75 Å². The van der Waals surface area contributed by atoms with Gasteiger partial charge in [0.2, 0.25) is 0 Å². The summed E-state index contributed by atoms with van der Waals surface area (Å²) in [5, 5.41) is 5.37. The summed E-state index contributed by atoms with van der Waals surface area (Å²) in [6.45, 7) is 11.3. The summed E-state index contributed by atoms with van der Waals surface area (Å²) in [5.74, 6) is 1.10. The second-order valence-electron chi connectivity index (χ2n) is 10.3. The van der Waals surface area contributed by atoms with Crippen LogP contribution in [-0.2, 0) is 16.0 Å².